The predicted molar refractivity (Wildman–Crippen MR) is 78.3 cm³/mol. The molecule has 2 rings (SSSR count). The first kappa shape index (κ1) is 14.7. The molecule has 0 aromatic heterocycles. The Balaban J connectivity index is 2.14. The second kappa shape index (κ2) is 6.67. The number of nitrogens with one attached hydrogen (secondary N) is 1. The van der Waals surface area contributed by atoms with Gasteiger partial charge in [0.25, 0.3) is 0 Å². The van der Waals surface area contributed by atoms with Gasteiger partial charge in [0.05, 0.1) is 0 Å². The summed E-state index contributed by atoms with van der Waals surface area (Å²) in [5, 5.41) is 11.7. The lowest BCUT2D eigenvalue weighted by Gasteiger charge is -2.18. The molecule has 5 heteroatoms. The molecule has 2 aromatic carbocycles. The Morgan fingerprint density at radius 1 is 0.905 bits per heavy atom. The van der Waals surface area contributed by atoms with E-state index in [2.05, 4.69) is 5.32 Å². The van der Waals surface area contributed by atoms with Crippen LogP contribution in [0.2, 0.25) is 0 Å². The maximum atomic E-state index is 12.1. The van der Waals surface area contributed by atoms with E-state index in [-0.39, 0.29) is 0 Å². The van der Waals surface area contributed by atoms with Crippen LogP contribution >= 0.6 is 0 Å². The van der Waals surface area contributed by atoms with Gasteiger partial charge in [-0.05, 0) is 11.1 Å². The number of carbonyl (C=O) groups excluding carboxylic acids is 1. The van der Waals surface area contributed by atoms with Gasteiger partial charge in [0.2, 0.25) is 5.91 Å². The highest BCUT2D eigenvalue weighted by Gasteiger charge is 2.25. The fourth-order valence-corrected chi connectivity index (χ4v) is 1.98. The third kappa shape index (κ3) is 3.67. The molecule has 0 radical (unpaired) electrons. The van der Waals surface area contributed by atoms with Gasteiger partial charge in [-0.25, -0.2) is 4.79 Å². The zero-order valence-corrected chi connectivity index (χ0v) is 11.3. The van der Waals surface area contributed by atoms with E-state index in [1.807, 2.05) is 6.07 Å². The molecule has 0 aliphatic heterocycles. The molecule has 0 aliphatic rings. The van der Waals surface area contributed by atoms with Gasteiger partial charge in [-0.1, -0.05) is 60.7 Å². The van der Waals surface area contributed by atoms with E-state index < -0.39 is 24.0 Å². The maximum absolute atomic E-state index is 12.1. The Labute approximate surface area is 122 Å². The van der Waals surface area contributed by atoms with Crippen molar-refractivity contribution >= 4 is 11.9 Å². The van der Waals surface area contributed by atoms with Crippen LogP contribution in [0.25, 0.3) is 0 Å². The topological polar surface area (TPSA) is 92.4 Å². The molecule has 108 valence electrons. The van der Waals surface area contributed by atoms with Gasteiger partial charge in [-0.3, -0.25) is 4.79 Å². The summed E-state index contributed by atoms with van der Waals surface area (Å²) in [6.45, 7) is 0. The van der Waals surface area contributed by atoms with Crippen molar-refractivity contribution in [3.63, 3.8) is 0 Å². The number of nitrogens with two attached hydrogens (primary N) is 1. The highest BCUT2D eigenvalue weighted by molar-refractivity contribution is 5.88. The van der Waals surface area contributed by atoms with E-state index in [4.69, 9.17) is 5.73 Å². The van der Waals surface area contributed by atoms with Crippen LogP contribution in [0.15, 0.2) is 60.7 Å². The first-order valence-corrected chi connectivity index (χ1v) is 6.48. The van der Waals surface area contributed by atoms with Crippen molar-refractivity contribution in [2.75, 3.05) is 0 Å². The summed E-state index contributed by atoms with van der Waals surface area (Å²) in [5.74, 6) is -1.66. The van der Waals surface area contributed by atoms with Gasteiger partial charge in [0.1, 0.15) is 6.04 Å². The van der Waals surface area contributed by atoms with E-state index in [0.717, 1.165) is 0 Å². The third-order valence-corrected chi connectivity index (χ3v) is 3.11. The molecule has 0 fully saturated rings. The standard InChI is InChI=1S/C16H16N2O3/c17-13(11-7-3-1-4-8-11)15(19)18-14(16(20)21)12-9-5-2-6-10-12/h1-10,13-14H,17H2,(H,18,19)(H,20,21)/t13?,14-/m1/s1. The minimum absolute atomic E-state index is 0.499. The SMILES string of the molecule is NC(C(=O)N[C@@H](C(=O)O)c1ccccc1)c1ccccc1. The molecule has 1 amide bonds. The Kier molecular flexibility index (Phi) is 4.68. The minimum atomic E-state index is -1.13. The van der Waals surface area contributed by atoms with Gasteiger partial charge >= 0.3 is 5.97 Å². The Bertz CT molecular complexity index is 614. The number of hydrogen-bond donors (Lipinski definition) is 3. The second-order valence-electron chi connectivity index (χ2n) is 4.58. The van der Waals surface area contributed by atoms with Crippen molar-refractivity contribution in [2.24, 2.45) is 5.73 Å². The Hall–Kier alpha value is -2.66. The molecule has 5 nitrogen and oxygen atoms in total. The summed E-state index contributed by atoms with van der Waals surface area (Å²) in [6.07, 6.45) is 0. The van der Waals surface area contributed by atoms with Crippen LogP contribution < -0.4 is 11.1 Å². The number of carboxylic acids is 1. The molecule has 0 bridgehead atoms. The van der Waals surface area contributed by atoms with Crippen LogP contribution in [0, 0.1) is 0 Å². The Morgan fingerprint density at radius 2 is 1.38 bits per heavy atom. The molecule has 2 aromatic rings. The number of hydrogen-bond acceptors (Lipinski definition) is 3. The van der Waals surface area contributed by atoms with E-state index in [9.17, 15) is 14.7 Å². The normalized spacial score (nSPS) is 13.2. The van der Waals surface area contributed by atoms with Crippen LogP contribution in [0.5, 0.6) is 0 Å². The van der Waals surface area contributed by atoms with Gasteiger partial charge < -0.3 is 16.2 Å². The highest BCUT2D eigenvalue weighted by atomic mass is 16.4. The number of amides is 1. The van der Waals surface area contributed by atoms with E-state index in [0.29, 0.717) is 11.1 Å². The smallest absolute Gasteiger partial charge is 0.330 e. The molecule has 1 unspecified atom stereocenters. The van der Waals surface area contributed by atoms with Crippen molar-refractivity contribution in [2.45, 2.75) is 12.1 Å². The lowest BCUT2D eigenvalue weighted by atomic mass is 10.0. The number of benzene rings is 2. The molecule has 21 heavy (non-hydrogen) atoms. The fourth-order valence-electron chi connectivity index (χ4n) is 1.98. The molecule has 0 saturated carbocycles. The molecular formula is C16H16N2O3. The largest absolute Gasteiger partial charge is 0.479 e. The second-order valence-corrected chi connectivity index (χ2v) is 4.58. The zero-order chi connectivity index (χ0) is 15.2. The first-order valence-electron chi connectivity index (χ1n) is 6.48. The van der Waals surface area contributed by atoms with Gasteiger partial charge in [0.15, 0.2) is 6.04 Å². The fraction of sp³-hybridized carbons (Fsp3) is 0.125. The Morgan fingerprint density at radius 3 is 1.86 bits per heavy atom. The van der Waals surface area contributed by atoms with Crippen molar-refractivity contribution in [1.29, 1.82) is 0 Å². The predicted octanol–water partition coefficient (Wildman–Crippen LogP) is 1.63. The molecule has 2 atom stereocenters. The van der Waals surface area contributed by atoms with E-state index in [1.165, 1.54) is 0 Å². The number of aliphatic carboxylic acids is 1. The summed E-state index contributed by atoms with van der Waals surface area (Å²) in [6, 6.07) is 15.3. The van der Waals surface area contributed by atoms with Crippen LogP contribution in [-0.2, 0) is 9.59 Å². The molecule has 0 aliphatic carbocycles. The average molecular weight is 284 g/mol. The summed E-state index contributed by atoms with van der Waals surface area (Å²) in [5.41, 5.74) is 6.99. The summed E-state index contributed by atoms with van der Waals surface area (Å²) >= 11 is 0. The van der Waals surface area contributed by atoms with Crippen LogP contribution in [0.4, 0.5) is 0 Å². The lowest BCUT2D eigenvalue weighted by Crippen LogP contribution is -2.39. The first-order chi connectivity index (χ1) is 10.1. The highest BCUT2D eigenvalue weighted by Crippen LogP contribution is 2.15. The van der Waals surface area contributed by atoms with Crippen molar-refractivity contribution in [3.05, 3.63) is 71.8 Å². The maximum Gasteiger partial charge on any atom is 0.330 e. The third-order valence-electron chi connectivity index (χ3n) is 3.11. The zero-order valence-electron chi connectivity index (χ0n) is 11.3. The summed E-state index contributed by atoms with van der Waals surface area (Å²) in [4.78, 5) is 23.5. The average Bonchev–Trinajstić information content (AvgIpc) is 2.53. The van der Waals surface area contributed by atoms with Crippen LogP contribution in [-0.4, -0.2) is 17.0 Å². The molecule has 0 spiro atoms. The molecular weight excluding hydrogens is 268 g/mol. The van der Waals surface area contributed by atoms with E-state index >= 15 is 0 Å². The summed E-state index contributed by atoms with van der Waals surface area (Å²) < 4.78 is 0. The molecule has 4 N–H and O–H groups in total. The van der Waals surface area contributed by atoms with Gasteiger partial charge in [-0.2, -0.15) is 0 Å². The monoisotopic (exact) mass is 284 g/mol. The molecule has 0 saturated heterocycles. The van der Waals surface area contributed by atoms with Crippen molar-refractivity contribution < 1.29 is 14.7 Å². The van der Waals surface area contributed by atoms with Gasteiger partial charge in [0, 0.05) is 0 Å². The summed E-state index contributed by atoms with van der Waals surface area (Å²) in [7, 11) is 0. The number of carbonyl (C=O) groups is 2. The molecule has 0 heterocycles. The van der Waals surface area contributed by atoms with Crippen LogP contribution in [0.3, 0.4) is 0 Å². The number of carboxylic acid groups (broad SMARTS) is 1. The van der Waals surface area contributed by atoms with Crippen LogP contribution in [0.1, 0.15) is 23.2 Å². The van der Waals surface area contributed by atoms with Crippen molar-refractivity contribution in [3.8, 4) is 0 Å². The van der Waals surface area contributed by atoms with E-state index in [1.54, 1.807) is 54.6 Å². The number of rotatable bonds is 5. The van der Waals surface area contributed by atoms with Gasteiger partial charge in [-0.15, -0.1) is 0 Å². The van der Waals surface area contributed by atoms with Crippen molar-refractivity contribution in [1.82, 2.24) is 5.32 Å². The lowest BCUT2D eigenvalue weighted by molar-refractivity contribution is -0.142. The minimum Gasteiger partial charge on any atom is -0.479 e. The quantitative estimate of drug-likeness (QED) is 0.778.